The quantitative estimate of drug-likeness (QED) is 0.821. The summed E-state index contributed by atoms with van der Waals surface area (Å²) in [7, 11) is 0. The molecule has 0 unspecified atom stereocenters. The van der Waals surface area contributed by atoms with Gasteiger partial charge < -0.3 is 15.1 Å². The number of furan rings is 1. The summed E-state index contributed by atoms with van der Waals surface area (Å²) in [5.74, 6) is 0.927. The Labute approximate surface area is 90.0 Å². The van der Waals surface area contributed by atoms with Crippen LogP contribution in [0.2, 0.25) is 0 Å². The lowest BCUT2D eigenvalue weighted by Crippen LogP contribution is -2.36. The number of nitrogens with zero attached hydrogens (tertiary/aromatic N) is 1. The molecule has 1 amide bonds. The van der Waals surface area contributed by atoms with Gasteiger partial charge in [-0.2, -0.15) is 0 Å². The Morgan fingerprint density at radius 3 is 2.60 bits per heavy atom. The predicted octanol–water partition coefficient (Wildman–Crippen LogP) is 1.61. The number of rotatable bonds is 4. The van der Waals surface area contributed by atoms with Crippen molar-refractivity contribution in [3.05, 3.63) is 23.7 Å². The average molecular weight is 210 g/mol. The van der Waals surface area contributed by atoms with Gasteiger partial charge in [0.1, 0.15) is 5.76 Å². The largest absolute Gasteiger partial charge is 0.455 e. The molecule has 84 valence electrons. The zero-order chi connectivity index (χ0) is 11.4. The molecule has 4 nitrogen and oxygen atoms in total. The van der Waals surface area contributed by atoms with Gasteiger partial charge in [-0.05, 0) is 32.9 Å². The molecule has 0 aromatic carbocycles. The summed E-state index contributed by atoms with van der Waals surface area (Å²) in [6.07, 6.45) is 0. The number of carbonyl (C=O) groups is 1. The van der Waals surface area contributed by atoms with Gasteiger partial charge in [0.15, 0.2) is 5.76 Å². The minimum Gasteiger partial charge on any atom is -0.455 e. The van der Waals surface area contributed by atoms with Crippen molar-refractivity contribution < 1.29 is 9.21 Å². The molecule has 0 aliphatic carbocycles. The molecule has 1 rings (SSSR count). The molecule has 0 saturated carbocycles. The Hall–Kier alpha value is -1.29. The summed E-state index contributed by atoms with van der Waals surface area (Å²) < 4.78 is 5.31. The Kier molecular flexibility index (Phi) is 3.91. The zero-order valence-corrected chi connectivity index (χ0v) is 9.49. The second kappa shape index (κ2) is 4.98. The van der Waals surface area contributed by atoms with E-state index in [2.05, 4.69) is 0 Å². The fourth-order valence-electron chi connectivity index (χ4n) is 1.49. The van der Waals surface area contributed by atoms with E-state index in [1.807, 2.05) is 20.8 Å². The van der Waals surface area contributed by atoms with Crippen LogP contribution in [-0.4, -0.2) is 23.4 Å². The third-order valence-corrected chi connectivity index (χ3v) is 2.30. The third kappa shape index (κ3) is 2.59. The monoisotopic (exact) mass is 210 g/mol. The van der Waals surface area contributed by atoms with E-state index < -0.39 is 0 Å². The van der Waals surface area contributed by atoms with Crippen molar-refractivity contribution in [2.75, 3.05) is 6.54 Å². The molecule has 0 fully saturated rings. The van der Waals surface area contributed by atoms with Crippen molar-refractivity contribution in [1.29, 1.82) is 0 Å². The molecule has 0 saturated heterocycles. The van der Waals surface area contributed by atoms with Crippen LogP contribution in [0.15, 0.2) is 16.5 Å². The van der Waals surface area contributed by atoms with Crippen LogP contribution < -0.4 is 5.73 Å². The van der Waals surface area contributed by atoms with Crippen molar-refractivity contribution >= 4 is 5.91 Å². The molecule has 4 heteroatoms. The first-order valence-corrected chi connectivity index (χ1v) is 5.19. The predicted molar refractivity (Wildman–Crippen MR) is 58.4 cm³/mol. The van der Waals surface area contributed by atoms with E-state index in [9.17, 15) is 4.79 Å². The SMILES string of the molecule is CCN(C(=O)c1ccc(CN)o1)C(C)C. The second-order valence-corrected chi connectivity index (χ2v) is 3.65. The first-order valence-electron chi connectivity index (χ1n) is 5.19. The molecule has 0 aliphatic heterocycles. The van der Waals surface area contributed by atoms with Crippen LogP contribution in [-0.2, 0) is 6.54 Å². The van der Waals surface area contributed by atoms with Gasteiger partial charge in [-0.3, -0.25) is 4.79 Å². The fraction of sp³-hybridized carbons (Fsp3) is 0.545. The highest BCUT2D eigenvalue weighted by Crippen LogP contribution is 2.12. The lowest BCUT2D eigenvalue weighted by Gasteiger charge is -2.23. The van der Waals surface area contributed by atoms with Crippen LogP contribution >= 0.6 is 0 Å². The summed E-state index contributed by atoms with van der Waals surface area (Å²) in [4.78, 5) is 13.7. The van der Waals surface area contributed by atoms with E-state index in [1.54, 1.807) is 17.0 Å². The molecule has 0 radical (unpaired) electrons. The van der Waals surface area contributed by atoms with Gasteiger partial charge >= 0.3 is 0 Å². The topological polar surface area (TPSA) is 59.5 Å². The molecule has 0 bridgehead atoms. The van der Waals surface area contributed by atoms with E-state index in [0.717, 1.165) is 0 Å². The molecule has 2 N–H and O–H groups in total. The highest BCUT2D eigenvalue weighted by Gasteiger charge is 2.19. The van der Waals surface area contributed by atoms with Crippen molar-refractivity contribution in [3.63, 3.8) is 0 Å². The number of amides is 1. The summed E-state index contributed by atoms with van der Waals surface area (Å²) in [5, 5.41) is 0. The standard InChI is InChI=1S/C11H18N2O2/c1-4-13(8(2)3)11(14)10-6-5-9(7-12)15-10/h5-6,8H,4,7,12H2,1-3H3. The van der Waals surface area contributed by atoms with E-state index in [-0.39, 0.29) is 11.9 Å². The normalized spacial score (nSPS) is 10.7. The van der Waals surface area contributed by atoms with Gasteiger partial charge in [0, 0.05) is 12.6 Å². The highest BCUT2D eigenvalue weighted by atomic mass is 16.4. The Bertz CT molecular complexity index is 331. The average Bonchev–Trinajstić information content (AvgIpc) is 2.66. The van der Waals surface area contributed by atoms with Crippen LogP contribution in [0.3, 0.4) is 0 Å². The van der Waals surface area contributed by atoms with Crippen molar-refractivity contribution in [2.45, 2.75) is 33.4 Å². The number of carbonyl (C=O) groups excluding carboxylic acids is 1. The molecule has 0 spiro atoms. The maximum Gasteiger partial charge on any atom is 0.289 e. The first-order chi connectivity index (χ1) is 7.10. The van der Waals surface area contributed by atoms with Crippen molar-refractivity contribution in [1.82, 2.24) is 4.90 Å². The lowest BCUT2D eigenvalue weighted by molar-refractivity contribution is 0.0682. The van der Waals surface area contributed by atoms with Crippen molar-refractivity contribution in [2.24, 2.45) is 5.73 Å². The fourth-order valence-corrected chi connectivity index (χ4v) is 1.49. The van der Waals surface area contributed by atoms with Crippen molar-refractivity contribution in [3.8, 4) is 0 Å². The van der Waals surface area contributed by atoms with E-state index in [4.69, 9.17) is 10.2 Å². The summed E-state index contributed by atoms with van der Waals surface area (Å²) in [6, 6.07) is 3.59. The summed E-state index contributed by atoms with van der Waals surface area (Å²) >= 11 is 0. The van der Waals surface area contributed by atoms with Crippen LogP contribution in [0, 0.1) is 0 Å². The molecule has 1 aromatic heterocycles. The molecule has 1 heterocycles. The molecular formula is C11H18N2O2. The van der Waals surface area contributed by atoms with Gasteiger partial charge in [-0.1, -0.05) is 0 Å². The van der Waals surface area contributed by atoms with Gasteiger partial charge in [0.05, 0.1) is 6.54 Å². The van der Waals surface area contributed by atoms with E-state index in [0.29, 0.717) is 24.6 Å². The van der Waals surface area contributed by atoms with E-state index in [1.165, 1.54) is 0 Å². The molecule has 15 heavy (non-hydrogen) atoms. The molecular weight excluding hydrogens is 192 g/mol. The number of hydrogen-bond acceptors (Lipinski definition) is 3. The third-order valence-electron chi connectivity index (χ3n) is 2.30. The van der Waals surface area contributed by atoms with Gasteiger partial charge in [-0.15, -0.1) is 0 Å². The van der Waals surface area contributed by atoms with Gasteiger partial charge in [-0.25, -0.2) is 0 Å². The second-order valence-electron chi connectivity index (χ2n) is 3.65. The maximum absolute atomic E-state index is 11.9. The highest BCUT2D eigenvalue weighted by molar-refractivity contribution is 5.91. The number of nitrogens with two attached hydrogens (primary N) is 1. The Morgan fingerprint density at radius 1 is 1.53 bits per heavy atom. The van der Waals surface area contributed by atoms with E-state index >= 15 is 0 Å². The summed E-state index contributed by atoms with van der Waals surface area (Å²) in [6.45, 7) is 6.91. The van der Waals surface area contributed by atoms with Crippen LogP contribution in [0.5, 0.6) is 0 Å². The lowest BCUT2D eigenvalue weighted by atomic mass is 10.3. The first kappa shape index (κ1) is 11.8. The molecule has 0 atom stereocenters. The van der Waals surface area contributed by atoms with Gasteiger partial charge in [0.2, 0.25) is 0 Å². The molecule has 1 aromatic rings. The minimum absolute atomic E-state index is 0.0767. The summed E-state index contributed by atoms with van der Waals surface area (Å²) in [5.41, 5.74) is 5.41. The Morgan fingerprint density at radius 2 is 2.20 bits per heavy atom. The van der Waals surface area contributed by atoms with Crippen LogP contribution in [0.25, 0.3) is 0 Å². The van der Waals surface area contributed by atoms with Gasteiger partial charge in [0.25, 0.3) is 5.91 Å². The minimum atomic E-state index is -0.0767. The van der Waals surface area contributed by atoms with Crippen LogP contribution in [0.1, 0.15) is 37.1 Å². The smallest absolute Gasteiger partial charge is 0.289 e. The maximum atomic E-state index is 11.9. The molecule has 0 aliphatic rings. The Balaban J connectivity index is 2.83. The van der Waals surface area contributed by atoms with Crippen LogP contribution in [0.4, 0.5) is 0 Å². The number of hydrogen-bond donors (Lipinski definition) is 1. The zero-order valence-electron chi connectivity index (χ0n) is 9.49.